The molecule has 3 aromatic carbocycles. The van der Waals surface area contributed by atoms with Gasteiger partial charge in [-0.3, -0.25) is 4.79 Å². The third-order valence-electron chi connectivity index (χ3n) is 6.07. The predicted molar refractivity (Wildman–Crippen MR) is 149 cm³/mol. The van der Waals surface area contributed by atoms with E-state index in [-0.39, 0.29) is 6.61 Å². The molecule has 1 heterocycles. The quantitative estimate of drug-likeness (QED) is 0.233. The molecule has 4 aromatic rings. The Morgan fingerprint density at radius 3 is 2.53 bits per heavy atom. The summed E-state index contributed by atoms with van der Waals surface area (Å²) in [6.07, 6.45) is 3.91. The summed E-state index contributed by atoms with van der Waals surface area (Å²) in [7, 11) is 0. The van der Waals surface area contributed by atoms with Gasteiger partial charge in [0.2, 0.25) is 5.89 Å². The van der Waals surface area contributed by atoms with Crippen molar-refractivity contribution in [1.82, 2.24) is 10.3 Å². The molecule has 8 heteroatoms. The summed E-state index contributed by atoms with van der Waals surface area (Å²) in [5, 5.41) is 12.3. The van der Waals surface area contributed by atoms with Gasteiger partial charge in [-0.2, -0.15) is 11.8 Å². The van der Waals surface area contributed by atoms with E-state index < -0.39 is 17.9 Å². The van der Waals surface area contributed by atoms with E-state index >= 15 is 0 Å². The fourth-order valence-electron chi connectivity index (χ4n) is 4.06. The largest absolute Gasteiger partial charge is 0.480 e. The summed E-state index contributed by atoms with van der Waals surface area (Å²) in [5.74, 6) is 0.329. The third-order valence-corrected chi connectivity index (χ3v) is 6.71. The summed E-state index contributed by atoms with van der Waals surface area (Å²) >= 11 is 1.54. The molecule has 0 fully saturated rings. The number of carboxylic acid groups (broad SMARTS) is 1. The minimum absolute atomic E-state index is 0.248. The molecule has 0 aliphatic carbocycles. The fraction of sp³-hybridized carbons (Fsp3) is 0.233. The number of benzene rings is 3. The third kappa shape index (κ3) is 6.90. The lowest BCUT2D eigenvalue weighted by Gasteiger charge is -2.17. The topological polar surface area (TPSA) is 102 Å². The molecule has 0 saturated heterocycles. The number of carboxylic acids is 1. The maximum absolute atomic E-state index is 13.2. The number of nitrogens with one attached hydrogen (secondary N) is 1. The molecule has 0 saturated carbocycles. The molecule has 2 N–H and O–H groups in total. The van der Waals surface area contributed by atoms with Crippen molar-refractivity contribution in [3.05, 3.63) is 101 Å². The second-order valence-corrected chi connectivity index (χ2v) is 9.82. The number of amides is 1. The first-order chi connectivity index (χ1) is 18.5. The molecule has 196 valence electrons. The Balaban J connectivity index is 1.51. The van der Waals surface area contributed by atoms with Crippen LogP contribution >= 0.6 is 11.8 Å². The smallest absolute Gasteiger partial charge is 0.326 e. The molecule has 0 spiro atoms. The van der Waals surface area contributed by atoms with Crippen LogP contribution in [0.2, 0.25) is 0 Å². The van der Waals surface area contributed by atoms with Crippen LogP contribution in [-0.2, 0) is 22.7 Å². The van der Waals surface area contributed by atoms with Crippen molar-refractivity contribution in [1.29, 1.82) is 0 Å². The molecule has 0 aliphatic rings. The highest BCUT2D eigenvalue weighted by atomic mass is 32.2. The Hall–Kier alpha value is -3.88. The molecule has 38 heavy (non-hydrogen) atoms. The molecule has 0 aliphatic heterocycles. The van der Waals surface area contributed by atoms with Crippen molar-refractivity contribution < 1.29 is 23.8 Å². The lowest BCUT2D eigenvalue weighted by molar-refractivity contribution is -0.139. The average Bonchev–Trinajstić information content (AvgIpc) is 3.40. The summed E-state index contributed by atoms with van der Waals surface area (Å²) < 4.78 is 11.7. The molecule has 1 aromatic heterocycles. The first kappa shape index (κ1) is 27.2. The number of ether oxygens (including phenoxy) is 1. The number of carbonyl (C=O) groups excluding carboxylic acids is 1. The normalized spacial score (nSPS) is 11.7. The van der Waals surface area contributed by atoms with Gasteiger partial charge in [0.15, 0.2) is 5.76 Å². The number of aliphatic carboxylic acids is 1. The second-order valence-electron chi connectivity index (χ2n) is 8.83. The average molecular weight is 531 g/mol. The van der Waals surface area contributed by atoms with Gasteiger partial charge in [0.1, 0.15) is 12.6 Å². The Bertz CT molecular complexity index is 1390. The number of thioether (sulfide) groups is 1. The summed E-state index contributed by atoms with van der Waals surface area (Å²) in [5.41, 5.74) is 4.82. The van der Waals surface area contributed by atoms with Crippen LogP contribution in [0.4, 0.5) is 0 Å². The molecule has 0 bridgehead atoms. The SMILES string of the molecule is CSCCC(NC(=O)c1ccc(COCc2cnc(-c3ccccc3)o2)cc1-c1ccccc1C)C(=O)O. The zero-order valence-corrected chi connectivity index (χ0v) is 22.2. The van der Waals surface area contributed by atoms with Gasteiger partial charge in [-0.25, -0.2) is 9.78 Å². The Morgan fingerprint density at radius 2 is 1.79 bits per heavy atom. The van der Waals surface area contributed by atoms with Crippen LogP contribution in [0.15, 0.2) is 83.4 Å². The number of carbonyl (C=O) groups is 2. The van der Waals surface area contributed by atoms with Crippen LogP contribution in [0.25, 0.3) is 22.6 Å². The van der Waals surface area contributed by atoms with E-state index in [1.165, 1.54) is 0 Å². The van der Waals surface area contributed by atoms with Crippen LogP contribution in [0, 0.1) is 6.92 Å². The molecule has 1 unspecified atom stereocenters. The zero-order valence-electron chi connectivity index (χ0n) is 21.3. The van der Waals surface area contributed by atoms with E-state index in [0.717, 1.165) is 27.8 Å². The summed E-state index contributed by atoms with van der Waals surface area (Å²) in [4.78, 5) is 29.3. The predicted octanol–water partition coefficient (Wildman–Crippen LogP) is 5.97. The standard InChI is InChI=1S/C30H30N2O5S/c1-20-8-6-7-11-24(20)26-16-21(12-13-25(26)28(33)32-27(30(34)35)14-15-38-2)18-36-19-23-17-31-29(37-23)22-9-4-3-5-10-22/h3-13,16-17,27H,14-15,18-19H2,1-2H3,(H,32,33)(H,34,35). The van der Waals surface area contributed by atoms with E-state index in [9.17, 15) is 14.7 Å². The van der Waals surface area contributed by atoms with Crippen molar-refractivity contribution in [2.24, 2.45) is 0 Å². The Morgan fingerprint density at radius 1 is 1.03 bits per heavy atom. The molecule has 1 amide bonds. The van der Waals surface area contributed by atoms with Crippen LogP contribution in [0.3, 0.4) is 0 Å². The minimum atomic E-state index is -1.04. The van der Waals surface area contributed by atoms with Gasteiger partial charge < -0.3 is 19.6 Å². The Labute approximate surface area is 226 Å². The van der Waals surface area contributed by atoms with Crippen molar-refractivity contribution in [2.75, 3.05) is 12.0 Å². The van der Waals surface area contributed by atoms with Gasteiger partial charge in [-0.15, -0.1) is 0 Å². The van der Waals surface area contributed by atoms with E-state index in [1.807, 2.05) is 79.9 Å². The second kappa shape index (κ2) is 13.1. The lowest BCUT2D eigenvalue weighted by atomic mass is 9.93. The number of hydrogen-bond donors (Lipinski definition) is 2. The fourth-order valence-corrected chi connectivity index (χ4v) is 4.54. The molecule has 7 nitrogen and oxygen atoms in total. The van der Waals surface area contributed by atoms with Crippen molar-refractivity contribution in [3.63, 3.8) is 0 Å². The number of aryl methyl sites for hydroxylation is 1. The molecule has 4 rings (SSSR count). The monoisotopic (exact) mass is 530 g/mol. The number of aromatic nitrogens is 1. The highest BCUT2D eigenvalue weighted by Crippen LogP contribution is 2.29. The molecular formula is C30H30N2O5S. The number of rotatable bonds is 12. The highest BCUT2D eigenvalue weighted by molar-refractivity contribution is 7.98. The van der Waals surface area contributed by atoms with Crippen LogP contribution in [-0.4, -0.2) is 40.0 Å². The number of oxazole rings is 1. The highest BCUT2D eigenvalue weighted by Gasteiger charge is 2.22. The number of hydrogen-bond acceptors (Lipinski definition) is 6. The maximum Gasteiger partial charge on any atom is 0.326 e. The molecule has 1 atom stereocenters. The summed E-state index contributed by atoms with van der Waals surface area (Å²) in [6.45, 7) is 2.53. The maximum atomic E-state index is 13.2. The Kier molecular flexibility index (Phi) is 9.35. The van der Waals surface area contributed by atoms with Gasteiger partial charge in [-0.05, 0) is 71.9 Å². The van der Waals surface area contributed by atoms with Gasteiger partial charge in [0.25, 0.3) is 5.91 Å². The van der Waals surface area contributed by atoms with E-state index in [4.69, 9.17) is 9.15 Å². The minimum Gasteiger partial charge on any atom is -0.480 e. The molecular weight excluding hydrogens is 500 g/mol. The van der Waals surface area contributed by atoms with Crippen molar-refractivity contribution >= 4 is 23.6 Å². The van der Waals surface area contributed by atoms with Gasteiger partial charge in [0.05, 0.1) is 12.8 Å². The van der Waals surface area contributed by atoms with Gasteiger partial charge in [-0.1, -0.05) is 48.5 Å². The van der Waals surface area contributed by atoms with Gasteiger partial charge >= 0.3 is 5.97 Å². The van der Waals surface area contributed by atoms with E-state index in [1.54, 1.807) is 24.0 Å². The summed E-state index contributed by atoms with van der Waals surface area (Å²) in [6, 6.07) is 22.0. The van der Waals surface area contributed by atoms with Crippen molar-refractivity contribution in [2.45, 2.75) is 32.6 Å². The van der Waals surface area contributed by atoms with Crippen molar-refractivity contribution in [3.8, 4) is 22.6 Å². The van der Waals surface area contributed by atoms with Crippen LogP contribution in [0.5, 0.6) is 0 Å². The van der Waals surface area contributed by atoms with E-state index in [2.05, 4.69) is 10.3 Å². The molecule has 0 radical (unpaired) electrons. The van der Waals surface area contributed by atoms with Gasteiger partial charge in [0, 0.05) is 11.1 Å². The van der Waals surface area contributed by atoms with Crippen LogP contribution < -0.4 is 5.32 Å². The lowest BCUT2D eigenvalue weighted by Crippen LogP contribution is -2.41. The first-order valence-electron chi connectivity index (χ1n) is 12.3. The zero-order chi connectivity index (χ0) is 26.9. The van der Waals surface area contributed by atoms with E-state index in [0.29, 0.717) is 36.0 Å². The number of nitrogens with zero attached hydrogens (tertiary/aromatic N) is 1. The van der Waals surface area contributed by atoms with Crippen LogP contribution in [0.1, 0.15) is 33.7 Å². The first-order valence-corrected chi connectivity index (χ1v) is 13.6.